The molecule has 0 aromatic heterocycles. The van der Waals surface area contributed by atoms with Crippen LogP contribution in [-0.4, -0.2) is 105 Å². The number of likely N-dealkylation sites (tertiary alicyclic amines) is 2. The number of amides is 2. The molecule has 1 aromatic carbocycles. The lowest BCUT2D eigenvalue weighted by molar-refractivity contribution is 0.0386. The van der Waals surface area contributed by atoms with E-state index in [4.69, 9.17) is 4.74 Å². The van der Waals surface area contributed by atoms with Gasteiger partial charge in [-0.15, -0.1) is 0 Å². The van der Waals surface area contributed by atoms with Gasteiger partial charge in [0.2, 0.25) is 0 Å². The lowest BCUT2D eigenvalue weighted by Crippen LogP contribution is -2.58. The largest absolute Gasteiger partial charge is 0.379 e. The number of nitrogens with one attached hydrogen (secondary N) is 2. The number of nitrogens with zero attached hydrogens (tertiary/aromatic N) is 3. The molecule has 3 aliphatic heterocycles. The molecule has 7 nitrogen and oxygen atoms in total. The molecule has 2 amide bonds. The number of piperidine rings is 2. The highest BCUT2D eigenvalue weighted by Crippen LogP contribution is 2.32. The average molecular weight is 516 g/mol. The predicted octanol–water partition coefficient (Wildman–Crippen LogP) is 2.81. The number of morpholine rings is 1. The first-order valence-corrected chi connectivity index (χ1v) is 14.6. The minimum atomic E-state index is -0.161. The van der Waals surface area contributed by atoms with Crippen molar-refractivity contribution in [1.82, 2.24) is 25.3 Å². The van der Waals surface area contributed by atoms with Crippen LogP contribution in [0.25, 0.3) is 0 Å². The van der Waals surface area contributed by atoms with E-state index in [0.29, 0.717) is 18.4 Å². The molecule has 1 saturated carbocycles. The zero-order valence-corrected chi connectivity index (χ0v) is 22.4. The van der Waals surface area contributed by atoms with E-state index < -0.39 is 0 Å². The first-order chi connectivity index (χ1) is 18.1. The molecule has 4 fully saturated rings. The Bertz CT molecular complexity index is 845. The zero-order valence-electron chi connectivity index (χ0n) is 22.4. The fraction of sp³-hybridized carbons (Fsp3) is 0.759. The maximum absolute atomic E-state index is 13.3. The molecular formula is C29H46FN5O2. The van der Waals surface area contributed by atoms with Gasteiger partial charge in [-0.25, -0.2) is 9.18 Å². The molecule has 1 unspecified atom stereocenters. The van der Waals surface area contributed by atoms with Crippen LogP contribution < -0.4 is 10.6 Å². The Labute approximate surface area is 222 Å². The second kappa shape index (κ2) is 13.4. The van der Waals surface area contributed by atoms with Gasteiger partial charge in [-0.3, -0.25) is 4.90 Å². The molecule has 4 aliphatic rings. The topological polar surface area (TPSA) is 60.1 Å². The van der Waals surface area contributed by atoms with E-state index in [1.165, 1.54) is 37.8 Å². The number of hydrogen-bond donors (Lipinski definition) is 2. The molecule has 3 heterocycles. The molecule has 0 bridgehead atoms. The van der Waals surface area contributed by atoms with E-state index in [1.54, 1.807) is 12.1 Å². The van der Waals surface area contributed by atoms with Crippen LogP contribution in [0.2, 0.25) is 0 Å². The third kappa shape index (κ3) is 8.63. The highest BCUT2D eigenvalue weighted by molar-refractivity contribution is 5.74. The first-order valence-electron chi connectivity index (χ1n) is 14.6. The SMILES string of the molecule is O=C(NCCN1CCOCC1)N[C@H]1CN(CC2CC2)CC[C@H]1CN1CCCC(Cc2ccc(F)cc2)C1. The molecule has 1 aromatic rings. The number of ether oxygens (including phenoxy) is 1. The highest BCUT2D eigenvalue weighted by Gasteiger charge is 2.35. The van der Waals surface area contributed by atoms with Crippen LogP contribution >= 0.6 is 0 Å². The number of rotatable bonds is 10. The van der Waals surface area contributed by atoms with Crippen LogP contribution in [0.1, 0.15) is 37.7 Å². The van der Waals surface area contributed by atoms with Crippen LogP contribution in [0.5, 0.6) is 0 Å². The Balaban J connectivity index is 1.12. The quantitative estimate of drug-likeness (QED) is 0.502. The summed E-state index contributed by atoms with van der Waals surface area (Å²) in [5.41, 5.74) is 1.23. The minimum Gasteiger partial charge on any atom is -0.379 e. The Morgan fingerprint density at radius 3 is 2.46 bits per heavy atom. The van der Waals surface area contributed by atoms with Crippen molar-refractivity contribution >= 4 is 6.03 Å². The molecule has 1 aliphatic carbocycles. The minimum absolute atomic E-state index is 0.0237. The van der Waals surface area contributed by atoms with Crippen LogP contribution in [-0.2, 0) is 11.2 Å². The molecule has 5 rings (SSSR count). The van der Waals surface area contributed by atoms with E-state index in [0.717, 1.165) is 84.3 Å². The van der Waals surface area contributed by atoms with Crippen molar-refractivity contribution in [3.05, 3.63) is 35.6 Å². The van der Waals surface area contributed by atoms with Crippen molar-refractivity contribution in [1.29, 1.82) is 0 Å². The molecule has 206 valence electrons. The molecule has 0 spiro atoms. The Kier molecular flexibility index (Phi) is 9.70. The summed E-state index contributed by atoms with van der Waals surface area (Å²) in [6.45, 7) is 11.6. The smallest absolute Gasteiger partial charge is 0.315 e. The highest BCUT2D eigenvalue weighted by atomic mass is 19.1. The Morgan fingerprint density at radius 2 is 1.68 bits per heavy atom. The van der Waals surface area contributed by atoms with Crippen LogP contribution in [0.3, 0.4) is 0 Å². The molecular weight excluding hydrogens is 469 g/mol. The number of carbonyl (C=O) groups is 1. The summed E-state index contributed by atoms with van der Waals surface area (Å²) in [5, 5.41) is 6.50. The summed E-state index contributed by atoms with van der Waals surface area (Å²) in [5.74, 6) is 1.80. The molecule has 0 radical (unpaired) electrons. The van der Waals surface area contributed by atoms with Gasteiger partial charge in [0.15, 0.2) is 0 Å². The van der Waals surface area contributed by atoms with Crippen molar-refractivity contribution < 1.29 is 13.9 Å². The van der Waals surface area contributed by atoms with Gasteiger partial charge >= 0.3 is 6.03 Å². The molecule has 37 heavy (non-hydrogen) atoms. The molecule has 2 N–H and O–H groups in total. The summed E-state index contributed by atoms with van der Waals surface area (Å²) in [4.78, 5) is 20.4. The van der Waals surface area contributed by atoms with E-state index in [-0.39, 0.29) is 17.9 Å². The van der Waals surface area contributed by atoms with E-state index in [2.05, 4.69) is 25.3 Å². The average Bonchev–Trinajstić information content (AvgIpc) is 3.72. The van der Waals surface area contributed by atoms with Crippen molar-refractivity contribution in [3.63, 3.8) is 0 Å². The van der Waals surface area contributed by atoms with Crippen LogP contribution in [0.4, 0.5) is 9.18 Å². The third-order valence-electron chi connectivity index (χ3n) is 8.72. The van der Waals surface area contributed by atoms with Gasteiger partial charge in [0.05, 0.1) is 13.2 Å². The van der Waals surface area contributed by atoms with Gasteiger partial charge in [-0.2, -0.15) is 0 Å². The van der Waals surface area contributed by atoms with Gasteiger partial charge in [-0.1, -0.05) is 12.1 Å². The van der Waals surface area contributed by atoms with E-state index >= 15 is 0 Å². The van der Waals surface area contributed by atoms with E-state index in [1.807, 2.05) is 12.1 Å². The summed E-state index contributed by atoms with van der Waals surface area (Å²) >= 11 is 0. The Morgan fingerprint density at radius 1 is 0.892 bits per heavy atom. The van der Waals surface area contributed by atoms with Crippen molar-refractivity contribution in [2.45, 2.75) is 44.6 Å². The molecule has 3 atom stereocenters. The number of benzene rings is 1. The maximum atomic E-state index is 13.3. The number of hydrogen-bond acceptors (Lipinski definition) is 5. The Hall–Kier alpha value is -1.74. The van der Waals surface area contributed by atoms with Crippen LogP contribution in [0, 0.1) is 23.6 Å². The number of urea groups is 1. The fourth-order valence-corrected chi connectivity index (χ4v) is 6.42. The maximum Gasteiger partial charge on any atom is 0.315 e. The fourth-order valence-electron chi connectivity index (χ4n) is 6.42. The monoisotopic (exact) mass is 515 g/mol. The number of halogens is 1. The second-order valence-electron chi connectivity index (χ2n) is 11.8. The zero-order chi connectivity index (χ0) is 25.5. The standard InChI is InChI=1S/C29H46FN5O2/c30-27-7-5-23(6-8-27)18-25-2-1-11-34(20-25)21-26-9-12-35(19-24-3-4-24)22-28(26)32-29(36)31-10-13-33-14-16-37-17-15-33/h5-8,24-26,28H,1-4,9-22H2,(H2,31,32,36)/t25?,26-,28-/m0/s1. The molecule has 8 heteroatoms. The third-order valence-corrected chi connectivity index (χ3v) is 8.72. The predicted molar refractivity (Wildman–Crippen MR) is 144 cm³/mol. The van der Waals surface area contributed by atoms with Gasteiger partial charge in [-0.05, 0) is 87.1 Å². The first kappa shape index (κ1) is 26.9. The number of carbonyl (C=O) groups excluding carboxylic acids is 1. The van der Waals surface area contributed by atoms with Crippen LogP contribution in [0.15, 0.2) is 24.3 Å². The van der Waals surface area contributed by atoms with Gasteiger partial charge < -0.3 is 25.2 Å². The van der Waals surface area contributed by atoms with Gasteiger partial charge in [0.25, 0.3) is 0 Å². The normalized spacial score (nSPS) is 28.2. The van der Waals surface area contributed by atoms with Gasteiger partial charge in [0, 0.05) is 58.4 Å². The van der Waals surface area contributed by atoms with Crippen molar-refractivity contribution in [2.75, 3.05) is 78.7 Å². The van der Waals surface area contributed by atoms with Gasteiger partial charge in [0.1, 0.15) is 5.82 Å². The van der Waals surface area contributed by atoms with Crippen molar-refractivity contribution in [3.8, 4) is 0 Å². The summed E-state index contributed by atoms with van der Waals surface area (Å²) in [6, 6.07) is 7.18. The summed E-state index contributed by atoms with van der Waals surface area (Å²) in [6.07, 6.45) is 7.34. The molecule has 3 saturated heterocycles. The lowest BCUT2D eigenvalue weighted by Gasteiger charge is -2.42. The second-order valence-corrected chi connectivity index (χ2v) is 11.8. The summed E-state index contributed by atoms with van der Waals surface area (Å²) < 4.78 is 18.7. The van der Waals surface area contributed by atoms with Crippen molar-refractivity contribution in [2.24, 2.45) is 17.8 Å². The lowest BCUT2D eigenvalue weighted by atomic mass is 9.87. The summed E-state index contributed by atoms with van der Waals surface area (Å²) in [7, 11) is 0. The van der Waals surface area contributed by atoms with E-state index in [9.17, 15) is 9.18 Å².